The Hall–Kier alpha value is -1.19. The Morgan fingerprint density at radius 3 is 2.60 bits per heavy atom. The van der Waals surface area contributed by atoms with Crippen molar-refractivity contribution in [2.45, 2.75) is 12.8 Å². The monoisotopic (exact) mass is 222 g/mol. The standard InChI is InChI=1S/C12H11FOS/c1-12(13,14)11-5-3-2-4-10(11)9-6-7-15-8-9/h2-8,14H,1H3. The van der Waals surface area contributed by atoms with Gasteiger partial charge in [-0.15, -0.1) is 0 Å². The Morgan fingerprint density at radius 2 is 2.00 bits per heavy atom. The van der Waals surface area contributed by atoms with Gasteiger partial charge in [0.25, 0.3) is 0 Å². The summed E-state index contributed by atoms with van der Waals surface area (Å²) in [6.07, 6.45) is 0. The zero-order chi connectivity index (χ0) is 10.9. The molecule has 78 valence electrons. The van der Waals surface area contributed by atoms with Crippen molar-refractivity contribution in [1.29, 1.82) is 0 Å². The van der Waals surface area contributed by atoms with Gasteiger partial charge in [0.05, 0.1) is 0 Å². The molecule has 0 spiro atoms. The summed E-state index contributed by atoms with van der Waals surface area (Å²) >= 11 is 1.55. The Labute approximate surface area is 91.8 Å². The second-order valence-corrected chi connectivity index (χ2v) is 4.29. The molecule has 0 radical (unpaired) electrons. The zero-order valence-electron chi connectivity index (χ0n) is 8.27. The third kappa shape index (κ3) is 2.08. The van der Waals surface area contributed by atoms with Crippen LogP contribution in [0.5, 0.6) is 0 Å². The average molecular weight is 222 g/mol. The molecule has 1 heterocycles. The van der Waals surface area contributed by atoms with Gasteiger partial charge in [-0.3, -0.25) is 0 Å². The van der Waals surface area contributed by atoms with Crippen LogP contribution in [0.25, 0.3) is 11.1 Å². The van der Waals surface area contributed by atoms with E-state index in [-0.39, 0.29) is 0 Å². The van der Waals surface area contributed by atoms with Crippen molar-refractivity contribution in [2.75, 3.05) is 0 Å². The van der Waals surface area contributed by atoms with Gasteiger partial charge in [-0.05, 0) is 34.9 Å². The maximum atomic E-state index is 13.5. The third-order valence-electron chi connectivity index (χ3n) is 2.25. The number of benzene rings is 1. The van der Waals surface area contributed by atoms with Gasteiger partial charge in [-0.25, -0.2) is 4.39 Å². The molecule has 1 nitrogen and oxygen atoms in total. The van der Waals surface area contributed by atoms with Crippen molar-refractivity contribution in [3.63, 3.8) is 0 Å². The first-order chi connectivity index (χ1) is 7.09. The minimum atomic E-state index is -2.29. The van der Waals surface area contributed by atoms with E-state index in [9.17, 15) is 9.50 Å². The lowest BCUT2D eigenvalue weighted by molar-refractivity contribution is -0.0763. The van der Waals surface area contributed by atoms with Crippen LogP contribution >= 0.6 is 11.3 Å². The van der Waals surface area contributed by atoms with E-state index in [2.05, 4.69) is 0 Å². The number of rotatable bonds is 2. The summed E-state index contributed by atoms with van der Waals surface area (Å²) in [5.74, 6) is -2.29. The molecule has 0 aliphatic heterocycles. The Kier molecular flexibility index (Phi) is 2.59. The first-order valence-electron chi connectivity index (χ1n) is 4.62. The highest BCUT2D eigenvalue weighted by Gasteiger charge is 2.24. The lowest BCUT2D eigenvalue weighted by atomic mass is 9.98. The molecule has 0 fully saturated rings. The van der Waals surface area contributed by atoms with Crippen LogP contribution in [0.3, 0.4) is 0 Å². The normalized spacial score (nSPS) is 14.9. The van der Waals surface area contributed by atoms with Gasteiger partial charge >= 0.3 is 0 Å². The largest absolute Gasteiger partial charge is 0.358 e. The molecule has 0 saturated heterocycles. The third-order valence-corrected chi connectivity index (χ3v) is 2.93. The molecule has 3 heteroatoms. The molecule has 0 amide bonds. The number of halogens is 1. The van der Waals surface area contributed by atoms with E-state index in [1.807, 2.05) is 29.0 Å². The van der Waals surface area contributed by atoms with Crippen molar-refractivity contribution in [2.24, 2.45) is 0 Å². The molecule has 1 aromatic carbocycles. The van der Waals surface area contributed by atoms with Gasteiger partial charge < -0.3 is 5.11 Å². The maximum Gasteiger partial charge on any atom is 0.230 e. The molecule has 1 atom stereocenters. The molecular formula is C12H11FOS. The van der Waals surface area contributed by atoms with Crippen LogP contribution in [-0.4, -0.2) is 5.11 Å². The fourth-order valence-corrected chi connectivity index (χ4v) is 2.21. The lowest BCUT2D eigenvalue weighted by Gasteiger charge is -2.17. The van der Waals surface area contributed by atoms with Crippen molar-refractivity contribution < 1.29 is 9.50 Å². The number of alkyl halides is 1. The maximum absolute atomic E-state index is 13.5. The first kappa shape index (κ1) is 10.3. The fraction of sp³-hybridized carbons (Fsp3) is 0.167. The molecule has 15 heavy (non-hydrogen) atoms. The van der Waals surface area contributed by atoms with E-state index in [1.165, 1.54) is 0 Å². The molecule has 2 aromatic rings. The lowest BCUT2D eigenvalue weighted by Crippen LogP contribution is -2.14. The molecule has 1 N–H and O–H groups in total. The molecule has 0 saturated carbocycles. The summed E-state index contributed by atoms with van der Waals surface area (Å²) in [6.45, 7) is 1.15. The minimum Gasteiger partial charge on any atom is -0.358 e. The van der Waals surface area contributed by atoms with Crippen LogP contribution in [-0.2, 0) is 5.85 Å². The summed E-state index contributed by atoms with van der Waals surface area (Å²) < 4.78 is 13.5. The summed E-state index contributed by atoms with van der Waals surface area (Å²) in [5, 5.41) is 13.3. The summed E-state index contributed by atoms with van der Waals surface area (Å²) in [5.41, 5.74) is 1.99. The van der Waals surface area contributed by atoms with Crippen LogP contribution < -0.4 is 0 Å². The molecule has 2 rings (SSSR count). The Balaban J connectivity index is 2.58. The second kappa shape index (κ2) is 3.76. The van der Waals surface area contributed by atoms with E-state index < -0.39 is 5.85 Å². The van der Waals surface area contributed by atoms with Crippen molar-refractivity contribution in [3.05, 3.63) is 46.7 Å². The SMILES string of the molecule is CC(O)(F)c1ccccc1-c1ccsc1. The quantitative estimate of drug-likeness (QED) is 0.823. The van der Waals surface area contributed by atoms with Crippen LogP contribution in [0, 0.1) is 0 Å². The van der Waals surface area contributed by atoms with E-state index in [4.69, 9.17) is 0 Å². The van der Waals surface area contributed by atoms with Crippen molar-refractivity contribution in [3.8, 4) is 11.1 Å². The fourth-order valence-electron chi connectivity index (χ4n) is 1.55. The Bertz CT molecular complexity index is 443. The van der Waals surface area contributed by atoms with Gasteiger partial charge in [0.1, 0.15) is 0 Å². The summed E-state index contributed by atoms with van der Waals surface area (Å²) in [4.78, 5) is 0. The van der Waals surface area contributed by atoms with E-state index >= 15 is 0 Å². The molecule has 1 unspecified atom stereocenters. The minimum absolute atomic E-state index is 0.309. The second-order valence-electron chi connectivity index (χ2n) is 3.51. The highest BCUT2D eigenvalue weighted by atomic mass is 32.1. The van der Waals surface area contributed by atoms with Crippen LogP contribution in [0.4, 0.5) is 4.39 Å². The van der Waals surface area contributed by atoms with E-state index in [1.54, 1.807) is 23.5 Å². The highest BCUT2D eigenvalue weighted by molar-refractivity contribution is 7.08. The number of hydrogen-bond acceptors (Lipinski definition) is 2. The first-order valence-corrected chi connectivity index (χ1v) is 5.56. The van der Waals surface area contributed by atoms with E-state index in [0.29, 0.717) is 5.56 Å². The van der Waals surface area contributed by atoms with Crippen LogP contribution in [0.15, 0.2) is 41.1 Å². The average Bonchev–Trinajstić information content (AvgIpc) is 2.69. The van der Waals surface area contributed by atoms with E-state index in [0.717, 1.165) is 18.1 Å². The molecule has 0 aliphatic rings. The van der Waals surface area contributed by atoms with Crippen molar-refractivity contribution in [1.82, 2.24) is 0 Å². The highest BCUT2D eigenvalue weighted by Crippen LogP contribution is 2.33. The van der Waals surface area contributed by atoms with Crippen LogP contribution in [0.1, 0.15) is 12.5 Å². The molecule has 0 bridgehead atoms. The van der Waals surface area contributed by atoms with Crippen LogP contribution in [0.2, 0.25) is 0 Å². The topological polar surface area (TPSA) is 20.2 Å². The van der Waals surface area contributed by atoms with Crippen molar-refractivity contribution >= 4 is 11.3 Å². The predicted molar refractivity (Wildman–Crippen MR) is 60.4 cm³/mol. The smallest absolute Gasteiger partial charge is 0.230 e. The van der Waals surface area contributed by atoms with Gasteiger partial charge in [-0.2, -0.15) is 11.3 Å². The summed E-state index contributed by atoms with van der Waals surface area (Å²) in [6, 6.07) is 8.88. The molecule has 0 aliphatic carbocycles. The number of aliphatic hydroxyl groups is 1. The van der Waals surface area contributed by atoms with Gasteiger partial charge in [0.15, 0.2) is 0 Å². The molecular weight excluding hydrogens is 211 g/mol. The van der Waals surface area contributed by atoms with Gasteiger partial charge in [0.2, 0.25) is 5.85 Å². The Morgan fingerprint density at radius 1 is 1.27 bits per heavy atom. The predicted octanol–water partition coefficient (Wildman–Crippen LogP) is 3.55. The summed E-state index contributed by atoms with van der Waals surface area (Å²) in [7, 11) is 0. The zero-order valence-corrected chi connectivity index (χ0v) is 9.09. The number of hydrogen-bond donors (Lipinski definition) is 1. The molecule has 1 aromatic heterocycles. The van der Waals surface area contributed by atoms with Gasteiger partial charge in [0, 0.05) is 5.56 Å². The number of thiophene rings is 1. The van der Waals surface area contributed by atoms with Gasteiger partial charge in [-0.1, -0.05) is 24.3 Å².